The first-order chi connectivity index (χ1) is 12.6. The second kappa shape index (κ2) is 8.34. The number of rotatable bonds is 6. The van der Waals surface area contributed by atoms with Crippen LogP contribution in [-0.2, 0) is 6.54 Å². The van der Waals surface area contributed by atoms with E-state index in [4.69, 9.17) is 4.74 Å². The number of amides is 1. The standard InChI is InChI=1S/C20H26FN3O2/c1-3-9-24-13-19(15(2)22-24)20(25)23-10-5-6-16(12-23)14-26-18-8-4-7-17(21)11-18/h4,7-8,11,13,16H,3,5-6,9-10,12,14H2,1-2H3/t16-/m1/s1. The van der Waals surface area contributed by atoms with Crippen LogP contribution in [0.4, 0.5) is 4.39 Å². The van der Waals surface area contributed by atoms with Crippen LogP contribution < -0.4 is 4.74 Å². The fraction of sp³-hybridized carbons (Fsp3) is 0.500. The summed E-state index contributed by atoms with van der Waals surface area (Å²) in [6, 6.07) is 6.17. The molecule has 0 aliphatic carbocycles. The summed E-state index contributed by atoms with van der Waals surface area (Å²) in [5, 5.41) is 4.43. The Morgan fingerprint density at radius 3 is 3.04 bits per heavy atom. The van der Waals surface area contributed by atoms with Gasteiger partial charge in [-0.05, 0) is 38.3 Å². The first-order valence-electron chi connectivity index (χ1n) is 9.28. The number of carbonyl (C=O) groups excluding carboxylic acids is 1. The van der Waals surface area contributed by atoms with Crippen LogP contribution in [0, 0.1) is 18.7 Å². The van der Waals surface area contributed by atoms with E-state index >= 15 is 0 Å². The molecule has 0 saturated carbocycles. The van der Waals surface area contributed by atoms with Gasteiger partial charge >= 0.3 is 0 Å². The Morgan fingerprint density at radius 1 is 1.42 bits per heavy atom. The van der Waals surface area contributed by atoms with Crippen molar-refractivity contribution in [1.82, 2.24) is 14.7 Å². The lowest BCUT2D eigenvalue weighted by Crippen LogP contribution is -2.41. The van der Waals surface area contributed by atoms with Crippen molar-refractivity contribution in [2.24, 2.45) is 5.92 Å². The third-order valence-electron chi connectivity index (χ3n) is 4.72. The molecular formula is C20H26FN3O2. The van der Waals surface area contributed by atoms with Crippen LogP contribution in [0.15, 0.2) is 30.5 Å². The molecule has 1 aliphatic heterocycles. The fourth-order valence-electron chi connectivity index (χ4n) is 3.40. The number of benzene rings is 1. The fourth-order valence-corrected chi connectivity index (χ4v) is 3.40. The molecule has 1 saturated heterocycles. The maximum Gasteiger partial charge on any atom is 0.257 e. The Bertz CT molecular complexity index is 759. The molecule has 1 aliphatic rings. The molecule has 2 aromatic rings. The summed E-state index contributed by atoms with van der Waals surface area (Å²) >= 11 is 0. The predicted molar refractivity (Wildman–Crippen MR) is 97.8 cm³/mol. The van der Waals surface area contributed by atoms with Gasteiger partial charge < -0.3 is 9.64 Å². The van der Waals surface area contributed by atoms with E-state index in [1.165, 1.54) is 12.1 Å². The van der Waals surface area contributed by atoms with Crippen molar-refractivity contribution in [1.29, 1.82) is 0 Å². The van der Waals surface area contributed by atoms with Crippen molar-refractivity contribution in [3.05, 3.63) is 47.5 Å². The highest BCUT2D eigenvalue weighted by Gasteiger charge is 2.27. The summed E-state index contributed by atoms with van der Waals surface area (Å²) in [6.45, 7) is 6.69. The topological polar surface area (TPSA) is 47.4 Å². The molecule has 0 unspecified atom stereocenters. The third kappa shape index (κ3) is 4.42. The highest BCUT2D eigenvalue weighted by molar-refractivity contribution is 5.95. The average molecular weight is 359 g/mol. The van der Waals surface area contributed by atoms with E-state index in [2.05, 4.69) is 12.0 Å². The maximum atomic E-state index is 13.2. The van der Waals surface area contributed by atoms with Crippen LogP contribution >= 0.6 is 0 Å². The minimum Gasteiger partial charge on any atom is -0.493 e. The third-order valence-corrected chi connectivity index (χ3v) is 4.72. The first kappa shape index (κ1) is 18.4. The van der Waals surface area contributed by atoms with Gasteiger partial charge in [0.1, 0.15) is 11.6 Å². The van der Waals surface area contributed by atoms with Crippen molar-refractivity contribution in [3.63, 3.8) is 0 Å². The average Bonchev–Trinajstić information content (AvgIpc) is 3.00. The van der Waals surface area contributed by atoms with Crippen LogP contribution in [0.3, 0.4) is 0 Å². The van der Waals surface area contributed by atoms with Gasteiger partial charge in [-0.15, -0.1) is 0 Å². The van der Waals surface area contributed by atoms with Crippen LogP contribution in [0.5, 0.6) is 5.75 Å². The molecule has 0 spiro atoms. The molecule has 0 radical (unpaired) electrons. The summed E-state index contributed by atoms with van der Waals surface area (Å²) < 4.78 is 20.8. The molecule has 1 fully saturated rings. The molecule has 0 N–H and O–H groups in total. The van der Waals surface area contributed by atoms with E-state index in [9.17, 15) is 9.18 Å². The lowest BCUT2D eigenvalue weighted by atomic mass is 9.98. The molecule has 140 valence electrons. The molecular weight excluding hydrogens is 333 g/mol. The Balaban J connectivity index is 1.60. The number of carbonyl (C=O) groups is 1. The number of ether oxygens (including phenoxy) is 1. The van der Waals surface area contributed by atoms with E-state index < -0.39 is 0 Å². The highest BCUT2D eigenvalue weighted by Crippen LogP contribution is 2.21. The monoisotopic (exact) mass is 359 g/mol. The molecule has 0 bridgehead atoms. The smallest absolute Gasteiger partial charge is 0.257 e. The van der Waals surface area contributed by atoms with Gasteiger partial charge in [-0.3, -0.25) is 9.48 Å². The second-order valence-corrected chi connectivity index (χ2v) is 6.92. The van der Waals surface area contributed by atoms with Gasteiger partial charge in [0.25, 0.3) is 5.91 Å². The van der Waals surface area contributed by atoms with E-state index in [1.807, 2.05) is 22.7 Å². The molecule has 3 rings (SSSR count). The number of nitrogens with zero attached hydrogens (tertiary/aromatic N) is 3. The number of halogens is 1. The lowest BCUT2D eigenvalue weighted by Gasteiger charge is -2.32. The van der Waals surface area contributed by atoms with Crippen molar-refractivity contribution in [3.8, 4) is 5.75 Å². The molecule has 1 amide bonds. The Kier molecular flexibility index (Phi) is 5.91. The Morgan fingerprint density at radius 2 is 2.27 bits per heavy atom. The minimum absolute atomic E-state index is 0.0420. The molecule has 1 aromatic heterocycles. The molecule has 2 heterocycles. The van der Waals surface area contributed by atoms with Crippen molar-refractivity contribution >= 4 is 5.91 Å². The van der Waals surface area contributed by atoms with Crippen molar-refractivity contribution in [2.75, 3.05) is 19.7 Å². The van der Waals surface area contributed by atoms with Gasteiger partial charge in [0.05, 0.1) is 17.9 Å². The van der Waals surface area contributed by atoms with Gasteiger partial charge in [0, 0.05) is 37.8 Å². The van der Waals surface area contributed by atoms with Crippen LogP contribution in [0.1, 0.15) is 42.2 Å². The molecule has 1 atom stereocenters. The first-order valence-corrected chi connectivity index (χ1v) is 9.28. The van der Waals surface area contributed by atoms with Gasteiger partial charge in [-0.2, -0.15) is 5.10 Å². The molecule has 5 nitrogen and oxygen atoms in total. The minimum atomic E-state index is -0.303. The largest absolute Gasteiger partial charge is 0.493 e. The summed E-state index contributed by atoms with van der Waals surface area (Å²) in [5.41, 5.74) is 1.46. The van der Waals surface area contributed by atoms with Crippen LogP contribution in [0.25, 0.3) is 0 Å². The molecule has 26 heavy (non-hydrogen) atoms. The van der Waals surface area contributed by atoms with E-state index in [0.717, 1.165) is 38.0 Å². The highest BCUT2D eigenvalue weighted by atomic mass is 19.1. The van der Waals surface area contributed by atoms with Crippen LogP contribution in [-0.4, -0.2) is 40.3 Å². The second-order valence-electron chi connectivity index (χ2n) is 6.92. The van der Waals surface area contributed by atoms with Crippen molar-refractivity contribution in [2.45, 2.75) is 39.7 Å². The number of likely N-dealkylation sites (tertiary alicyclic amines) is 1. The predicted octanol–water partition coefficient (Wildman–Crippen LogP) is 3.67. The summed E-state index contributed by atoms with van der Waals surface area (Å²) in [7, 11) is 0. The number of hydrogen-bond acceptors (Lipinski definition) is 3. The zero-order valence-corrected chi connectivity index (χ0v) is 15.4. The molecule has 6 heteroatoms. The Hall–Kier alpha value is -2.37. The van der Waals surface area contributed by atoms with E-state index in [-0.39, 0.29) is 17.6 Å². The SMILES string of the molecule is CCCn1cc(C(=O)N2CCC[C@@H](COc3cccc(F)c3)C2)c(C)n1. The quantitative estimate of drug-likeness (QED) is 0.791. The van der Waals surface area contributed by atoms with Gasteiger partial charge in [0.15, 0.2) is 0 Å². The number of aromatic nitrogens is 2. The van der Waals surface area contributed by atoms with E-state index in [1.54, 1.807) is 12.1 Å². The van der Waals surface area contributed by atoms with Gasteiger partial charge in [-0.25, -0.2) is 4.39 Å². The maximum absolute atomic E-state index is 13.2. The summed E-state index contributed by atoms with van der Waals surface area (Å²) in [6.07, 6.45) is 4.80. The Labute approximate surface area is 153 Å². The normalized spacial score (nSPS) is 17.3. The molecule has 1 aromatic carbocycles. The lowest BCUT2D eigenvalue weighted by molar-refractivity contribution is 0.0632. The van der Waals surface area contributed by atoms with Gasteiger partial charge in [-0.1, -0.05) is 13.0 Å². The van der Waals surface area contributed by atoms with Crippen molar-refractivity contribution < 1.29 is 13.9 Å². The zero-order chi connectivity index (χ0) is 18.5. The zero-order valence-electron chi connectivity index (χ0n) is 15.4. The van der Waals surface area contributed by atoms with Gasteiger partial charge in [0.2, 0.25) is 0 Å². The number of hydrogen-bond donors (Lipinski definition) is 0. The summed E-state index contributed by atoms with van der Waals surface area (Å²) in [5.74, 6) is 0.523. The van der Waals surface area contributed by atoms with E-state index in [0.29, 0.717) is 24.5 Å². The number of aryl methyl sites for hydroxylation is 2. The van der Waals surface area contributed by atoms with Crippen LogP contribution in [0.2, 0.25) is 0 Å². The number of piperidine rings is 1. The summed E-state index contributed by atoms with van der Waals surface area (Å²) in [4.78, 5) is 14.8.